The van der Waals surface area contributed by atoms with Gasteiger partial charge < -0.3 is 14.2 Å². The summed E-state index contributed by atoms with van der Waals surface area (Å²) in [6, 6.07) is 14.7. The number of aromatic nitrogens is 1. The summed E-state index contributed by atoms with van der Waals surface area (Å²) >= 11 is 0. The fourth-order valence-electron chi connectivity index (χ4n) is 4.87. The zero-order chi connectivity index (χ0) is 24.6. The van der Waals surface area contributed by atoms with Gasteiger partial charge in [0, 0.05) is 28.9 Å². The van der Waals surface area contributed by atoms with Gasteiger partial charge in [0.05, 0.1) is 36.9 Å². The lowest BCUT2D eigenvalue weighted by molar-refractivity contribution is -0.290. The van der Waals surface area contributed by atoms with Crippen LogP contribution in [-0.2, 0) is 19.0 Å². The number of ether oxygens (including phenoxy) is 3. The number of para-hydroxylation sites is 1. The number of rotatable bonds is 6. The van der Waals surface area contributed by atoms with Gasteiger partial charge in [-0.1, -0.05) is 42.5 Å². The average Bonchev–Trinajstić information content (AvgIpc) is 3.67. The molecule has 0 bridgehead atoms. The monoisotopic (exact) mass is 475 g/mol. The Balaban J connectivity index is 1.58. The number of halogens is 1. The molecule has 2 atom stereocenters. The summed E-state index contributed by atoms with van der Waals surface area (Å²) in [4.78, 5) is 16.9. The summed E-state index contributed by atoms with van der Waals surface area (Å²) in [5.41, 5.74) is 5.04. The van der Waals surface area contributed by atoms with Crippen LogP contribution in [0.25, 0.3) is 28.1 Å². The van der Waals surface area contributed by atoms with E-state index in [1.165, 1.54) is 19.2 Å². The minimum absolute atomic E-state index is 0.180. The Labute approximate surface area is 204 Å². The molecule has 2 heterocycles. The van der Waals surface area contributed by atoms with Gasteiger partial charge in [-0.05, 0) is 50.5 Å². The second kappa shape index (κ2) is 9.51. The van der Waals surface area contributed by atoms with Crippen molar-refractivity contribution >= 4 is 22.9 Å². The molecule has 0 radical (unpaired) electrons. The first kappa shape index (κ1) is 23.6. The number of esters is 1. The van der Waals surface area contributed by atoms with Gasteiger partial charge in [0.25, 0.3) is 0 Å². The molecule has 0 unspecified atom stereocenters. The molecular weight excluding hydrogens is 445 g/mol. The number of carbonyl (C=O) groups is 1. The predicted molar refractivity (Wildman–Crippen MR) is 133 cm³/mol. The van der Waals surface area contributed by atoms with Crippen LogP contribution >= 0.6 is 0 Å². The van der Waals surface area contributed by atoms with E-state index in [0.29, 0.717) is 12.3 Å². The Bertz CT molecular complexity index is 1260. The van der Waals surface area contributed by atoms with Crippen LogP contribution in [0.3, 0.4) is 0 Å². The quantitative estimate of drug-likeness (QED) is 0.386. The number of fused-ring (bicyclic) bond motifs is 1. The molecule has 1 saturated carbocycles. The molecule has 5 rings (SSSR count). The smallest absolute Gasteiger partial charge is 0.308 e. The Hall–Kier alpha value is -3.09. The maximum Gasteiger partial charge on any atom is 0.308 e. The highest BCUT2D eigenvalue weighted by Crippen LogP contribution is 2.45. The third kappa shape index (κ3) is 5.29. The molecule has 2 fully saturated rings. The SMILES string of the molecule is COC(=O)C[C@H]1C[C@@H](/C=C/c2c(C3CC3)nc3ccccc3c2-c2ccc(F)cc2)OC(C)(C)O1. The summed E-state index contributed by atoms with van der Waals surface area (Å²) < 4.78 is 30.7. The van der Waals surface area contributed by atoms with Crippen molar-refractivity contribution in [3.8, 4) is 11.1 Å². The van der Waals surface area contributed by atoms with E-state index in [-0.39, 0.29) is 30.4 Å². The molecule has 5 nitrogen and oxygen atoms in total. The van der Waals surface area contributed by atoms with Crippen LogP contribution in [-0.4, -0.2) is 36.1 Å². The van der Waals surface area contributed by atoms with Crippen molar-refractivity contribution in [3.63, 3.8) is 0 Å². The van der Waals surface area contributed by atoms with Gasteiger partial charge in [0.1, 0.15) is 5.82 Å². The highest BCUT2D eigenvalue weighted by Gasteiger charge is 2.36. The lowest BCUT2D eigenvalue weighted by Gasteiger charge is -2.39. The van der Waals surface area contributed by atoms with E-state index in [4.69, 9.17) is 19.2 Å². The molecule has 1 aromatic heterocycles. The minimum Gasteiger partial charge on any atom is -0.469 e. The molecule has 35 heavy (non-hydrogen) atoms. The van der Waals surface area contributed by atoms with E-state index in [1.807, 2.05) is 50.3 Å². The highest BCUT2D eigenvalue weighted by atomic mass is 19.1. The van der Waals surface area contributed by atoms with Crippen molar-refractivity contribution in [3.05, 3.63) is 71.7 Å². The molecule has 0 N–H and O–H groups in total. The summed E-state index contributed by atoms with van der Waals surface area (Å²) in [5, 5.41) is 1.03. The first-order chi connectivity index (χ1) is 16.8. The highest BCUT2D eigenvalue weighted by molar-refractivity contribution is 5.99. The van der Waals surface area contributed by atoms with E-state index >= 15 is 0 Å². The lowest BCUT2D eigenvalue weighted by atomic mass is 9.92. The first-order valence-corrected chi connectivity index (χ1v) is 12.1. The third-order valence-corrected chi connectivity index (χ3v) is 6.54. The molecule has 1 aliphatic heterocycles. The molecule has 3 aromatic rings. The summed E-state index contributed by atoms with van der Waals surface area (Å²) in [6.07, 6.45) is 6.53. The van der Waals surface area contributed by atoms with Crippen molar-refractivity contribution in [2.45, 2.75) is 63.4 Å². The van der Waals surface area contributed by atoms with Crippen molar-refractivity contribution < 1.29 is 23.4 Å². The van der Waals surface area contributed by atoms with E-state index in [0.717, 1.165) is 46.1 Å². The van der Waals surface area contributed by atoms with E-state index < -0.39 is 5.79 Å². The first-order valence-electron chi connectivity index (χ1n) is 12.1. The van der Waals surface area contributed by atoms with Gasteiger partial charge in [0.2, 0.25) is 0 Å². The summed E-state index contributed by atoms with van der Waals surface area (Å²) in [6.45, 7) is 3.71. The number of carbonyl (C=O) groups excluding carboxylic acids is 1. The van der Waals surface area contributed by atoms with Crippen molar-refractivity contribution in [1.82, 2.24) is 4.98 Å². The second-order valence-corrected chi connectivity index (χ2v) is 9.76. The van der Waals surface area contributed by atoms with Gasteiger partial charge in [-0.15, -0.1) is 0 Å². The second-order valence-electron chi connectivity index (χ2n) is 9.76. The number of methoxy groups -OCH3 is 1. The maximum atomic E-state index is 13.8. The van der Waals surface area contributed by atoms with Crippen LogP contribution in [0, 0.1) is 5.82 Å². The Morgan fingerprint density at radius 3 is 2.60 bits per heavy atom. The summed E-state index contributed by atoms with van der Waals surface area (Å²) in [7, 11) is 1.38. The van der Waals surface area contributed by atoms with Crippen LogP contribution < -0.4 is 0 Å². The molecule has 2 aromatic carbocycles. The largest absolute Gasteiger partial charge is 0.469 e. The normalized spacial score (nSPS) is 21.9. The van der Waals surface area contributed by atoms with Gasteiger partial charge >= 0.3 is 5.97 Å². The summed E-state index contributed by atoms with van der Waals surface area (Å²) in [5.74, 6) is -0.977. The van der Waals surface area contributed by atoms with Gasteiger partial charge in [-0.3, -0.25) is 9.78 Å². The van der Waals surface area contributed by atoms with Crippen LogP contribution in [0.5, 0.6) is 0 Å². The van der Waals surface area contributed by atoms with Crippen molar-refractivity contribution in [2.75, 3.05) is 7.11 Å². The number of nitrogens with zero attached hydrogens (tertiary/aromatic N) is 1. The maximum absolute atomic E-state index is 13.8. The fourth-order valence-corrected chi connectivity index (χ4v) is 4.87. The molecule has 0 amide bonds. The number of hydrogen-bond donors (Lipinski definition) is 0. The molecule has 182 valence electrons. The standard InChI is InChI=1S/C29H30FNO4/c1-29(2)34-21(16-22(35-29)17-26(32)33-3)14-15-24-27(18-10-12-20(30)13-11-18)23-6-4-5-7-25(23)31-28(24)19-8-9-19/h4-7,10-15,19,21-22H,8-9,16-17H2,1-3H3/b15-14+/t21-,22-/m1/s1. The fraction of sp³-hybridized carbons (Fsp3) is 0.379. The van der Waals surface area contributed by atoms with Gasteiger partial charge in [0.15, 0.2) is 5.79 Å². The molecular formula is C29H30FNO4. The zero-order valence-electron chi connectivity index (χ0n) is 20.3. The third-order valence-electron chi connectivity index (χ3n) is 6.54. The predicted octanol–water partition coefficient (Wildman–Crippen LogP) is 6.40. The average molecular weight is 476 g/mol. The van der Waals surface area contributed by atoms with E-state index in [9.17, 15) is 9.18 Å². The van der Waals surface area contributed by atoms with E-state index in [2.05, 4.69) is 12.1 Å². The molecule has 1 aliphatic carbocycles. The van der Waals surface area contributed by atoms with Crippen molar-refractivity contribution in [2.24, 2.45) is 0 Å². The minimum atomic E-state index is -0.827. The Morgan fingerprint density at radius 2 is 1.89 bits per heavy atom. The Kier molecular flexibility index (Phi) is 6.43. The number of hydrogen-bond acceptors (Lipinski definition) is 5. The van der Waals surface area contributed by atoms with E-state index in [1.54, 1.807) is 0 Å². The van der Waals surface area contributed by atoms with Crippen LogP contribution in [0.2, 0.25) is 0 Å². The molecule has 1 saturated heterocycles. The topological polar surface area (TPSA) is 57.7 Å². The van der Waals surface area contributed by atoms with Gasteiger partial charge in [-0.2, -0.15) is 0 Å². The molecule has 0 spiro atoms. The molecule has 2 aliphatic rings. The zero-order valence-corrected chi connectivity index (χ0v) is 20.3. The van der Waals surface area contributed by atoms with Crippen LogP contribution in [0.4, 0.5) is 4.39 Å². The van der Waals surface area contributed by atoms with Crippen LogP contribution in [0.15, 0.2) is 54.6 Å². The Morgan fingerprint density at radius 1 is 1.14 bits per heavy atom. The number of benzene rings is 2. The van der Waals surface area contributed by atoms with Crippen LogP contribution in [0.1, 0.15) is 56.7 Å². The van der Waals surface area contributed by atoms with Crippen molar-refractivity contribution in [1.29, 1.82) is 0 Å². The van der Waals surface area contributed by atoms with Gasteiger partial charge in [-0.25, -0.2) is 4.39 Å². The number of pyridine rings is 1. The lowest BCUT2D eigenvalue weighted by Crippen LogP contribution is -2.44. The molecule has 6 heteroatoms.